The molecule has 2 fully saturated rings. The lowest BCUT2D eigenvalue weighted by Gasteiger charge is -2.26. The van der Waals surface area contributed by atoms with Gasteiger partial charge in [0.2, 0.25) is 5.91 Å². The van der Waals surface area contributed by atoms with Gasteiger partial charge in [-0.15, -0.1) is 11.3 Å². The van der Waals surface area contributed by atoms with Crippen molar-refractivity contribution in [2.75, 3.05) is 19.7 Å². The van der Waals surface area contributed by atoms with Crippen LogP contribution in [-0.2, 0) is 16.0 Å². The van der Waals surface area contributed by atoms with Crippen molar-refractivity contribution in [2.24, 2.45) is 5.92 Å². The van der Waals surface area contributed by atoms with E-state index in [1.807, 2.05) is 18.2 Å². The fraction of sp³-hybridized carbons (Fsp3) is 0.538. The fourth-order valence-corrected chi connectivity index (χ4v) is 6.05. The highest BCUT2D eigenvalue weighted by molar-refractivity contribution is 7.15. The Morgan fingerprint density at radius 2 is 2.00 bits per heavy atom. The minimum atomic E-state index is 0.200. The SMILES string of the molecule is O=C(CCC1CCCC1)N(CCc1csc2nc(-c3ccccc3)cn12)CC1CCCO1. The molecule has 2 aliphatic rings. The average molecular weight is 452 g/mol. The number of thiazole rings is 1. The Balaban J connectivity index is 1.26. The molecule has 1 aromatic carbocycles. The van der Waals surface area contributed by atoms with Gasteiger partial charge >= 0.3 is 0 Å². The maximum absolute atomic E-state index is 13.2. The van der Waals surface area contributed by atoms with Crippen molar-refractivity contribution >= 4 is 22.2 Å². The third kappa shape index (κ3) is 5.07. The molecule has 5 rings (SSSR count). The Morgan fingerprint density at radius 3 is 2.78 bits per heavy atom. The second-order valence-electron chi connectivity index (χ2n) is 9.29. The van der Waals surface area contributed by atoms with Gasteiger partial charge < -0.3 is 9.64 Å². The van der Waals surface area contributed by atoms with E-state index in [0.717, 1.165) is 67.5 Å². The zero-order chi connectivity index (χ0) is 21.8. The molecule has 1 atom stereocenters. The van der Waals surface area contributed by atoms with Crippen molar-refractivity contribution < 1.29 is 9.53 Å². The van der Waals surface area contributed by atoms with Crippen LogP contribution in [0.1, 0.15) is 57.1 Å². The Bertz CT molecular complexity index is 1020. The van der Waals surface area contributed by atoms with E-state index < -0.39 is 0 Å². The van der Waals surface area contributed by atoms with Crippen molar-refractivity contribution in [1.29, 1.82) is 0 Å². The standard InChI is InChI=1S/C26H33N3O2S/c30-25(13-12-20-7-4-5-8-20)28(17-23-11-6-16-31-23)15-14-22-19-32-26-27-24(18-29(22)26)21-9-2-1-3-10-21/h1-3,9-10,18-20,23H,4-8,11-17H2. The van der Waals surface area contributed by atoms with Gasteiger partial charge in [-0.25, -0.2) is 4.98 Å². The van der Waals surface area contributed by atoms with E-state index in [1.165, 1.54) is 31.4 Å². The molecule has 1 saturated heterocycles. The van der Waals surface area contributed by atoms with Crippen LogP contribution in [0.2, 0.25) is 0 Å². The molecular weight excluding hydrogens is 418 g/mol. The highest BCUT2D eigenvalue weighted by Crippen LogP contribution is 2.29. The van der Waals surface area contributed by atoms with E-state index in [-0.39, 0.29) is 6.10 Å². The van der Waals surface area contributed by atoms with Crippen molar-refractivity contribution in [3.05, 3.63) is 47.6 Å². The number of hydrogen-bond acceptors (Lipinski definition) is 4. The van der Waals surface area contributed by atoms with Crippen LogP contribution in [0.3, 0.4) is 0 Å². The maximum Gasteiger partial charge on any atom is 0.222 e. The van der Waals surface area contributed by atoms with Crippen molar-refractivity contribution in [3.63, 3.8) is 0 Å². The monoisotopic (exact) mass is 451 g/mol. The summed E-state index contributed by atoms with van der Waals surface area (Å²) in [5, 5.41) is 2.18. The van der Waals surface area contributed by atoms with Crippen LogP contribution >= 0.6 is 11.3 Å². The predicted molar refractivity (Wildman–Crippen MR) is 129 cm³/mol. The van der Waals surface area contributed by atoms with Gasteiger partial charge in [0.05, 0.1) is 11.8 Å². The molecular formula is C26H33N3O2S. The topological polar surface area (TPSA) is 46.8 Å². The van der Waals surface area contributed by atoms with Crippen molar-refractivity contribution in [1.82, 2.24) is 14.3 Å². The molecule has 32 heavy (non-hydrogen) atoms. The molecule has 1 saturated carbocycles. The molecule has 6 heteroatoms. The molecule has 3 aromatic rings. The Morgan fingerprint density at radius 1 is 1.16 bits per heavy atom. The lowest BCUT2D eigenvalue weighted by Crippen LogP contribution is -2.39. The number of rotatable bonds is 9. The molecule has 3 heterocycles. The molecule has 2 aromatic heterocycles. The minimum absolute atomic E-state index is 0.200. The number of amides is 1. The van der Waals surface area contributed by atoms with E-state index in [1.54, 1.807) is 11.3 Å². The third-order valence-electron chi connectivity index (χ3n) is 7.03. The Labute approximate surface area is 194 Å². The quantitative estimate of drug-likeness (QED) is 0.426. The highest BCUT2D eigenvalue weighted by atomic mass is 32.1. The first-order valence-corrected chi connectivity index (χ1v) is 13.0. The lowest BCUT2D eigenvalue weighted by molar-refractivity contribution is -0.133. The minimum Gasteiger partial charge on any atom is -0.376 e. The van der Waals surface area contributed by atoms with Gasteiger partial charge in [-0.2, -0.15) is 0 Å². The van der Waals surface area contributed by atoms with E-state index in [0.29, 0.717) is 12.3 Å². The summed E-state index contributed by atoms with van der Waals surface area (Å²) in [6, 6.07) is 10.3. The Kier molecular flexibility index (Phi) is 6.89. The Hall–Kier alpha value is -2.18. The largest absolute Gasteiger partial charge is 0.376 e. The third-order valence-corrected chi connectivity index (χ3v) is 7.92. The second-order valence-corrected chi connectivity index (χ2v) is 10.1. The summed E-state index contributed by atoms with van der Waals surface area (Å²) in [5.74, 6) is 1.05. The van der Waals surface area contributed by atoms with Gasteiger partial charge in [-0.1, -0.05) is 56.0 Å². The van der Waals surface area contributed by atoms with E-state index in [2.05, 4.69) is 33.0 Å². The first-order valence-electron chi connectivity index (χ1n) is 12.2. The molecule has 1 aliphatic carbocycles. The number of ether oxygens (including phenoxy) is 1. The zero-order valence-corrected chi connectivity index (χ0v) is 19.6. The van der Waals surface area contributed by atoms with Gasteiger partial charge in [0.15, 0.2) is 4.96 Å². The van der Waals surface area contributed by atoms with Gasteiger partial charge in [0.25, 0.3) is 0 Å². The molecule has 1 amide bonds. The smallest absolute Gasteiger partial charge is 0.222 e. The summed E-state index contributed by atoms with van der Waals surface area (Å²) in [6.07, 6.45) is 12.3. The van der Waals surface area contributed by atoms with Gasteiger partial charge in [0, 0.05) is 55.4 Å². The summed E-state index contributed by atoms with van der Waals surface area (Å²) in [7, 11) is 0. The molecule has 170 valence electrons. The number of benzene rings is 1. The molecule has 1 aliphatic heterocycles. The first-order chi connectivity index (χ1) is 15.8. The van der Waals surface area contributed by atoms with Crippen LogP contribution in [-0.4, -0.2) is 46.0 Å². The molecule has 0 spiro atoms. The average Bonchev–Trinajstić information content (AvgIpc) is 3.61. The van der Waals surface area contributed by atoms with Crippen LogP contribution in [0.25, 0.3) is 16.2 Å². The summed E-state index contributed by atoms with van der Waals surface area (Å²) in [6.45, 7) is 2.31. The second kappa shape index (κ2) is 10.2. The lowest BCUT2D eigenvalue weighted by atomic mass is 10.0. The van der Waals surface area contributed by atoms with Crippen molar-refractivity contribution in [3.8, 4) is 11.3 Å². The van der Waals surface area contributed by atoms with Crippen LogP contribution < -0.4 is 0 Å². The van der Waals surface area contributed by atoms with Gasteiger partial charge in [-0.05, 0) is 25.2 Å². The molecule has 0 bridgehead atoms. The van der Waals surface area contributed by atoms with Gasteiger partial charge in [0.1, 0.15) is 0 Å². The fourth-order valence-electron chi connectivity index (χ4n) is 5.14. The maximum atomic E-state index is 13.2. The van der Waals surface area contributed by atoms with E-state index >= 15 is 0 Å². The van der Waals surface area contributed by atoms with Crippen LogP contribution in [0.5, 0.6) is 0 Å². The van der Waals surface area contributed by atoms with Crippen LogP contribution in [0.4, 0.5) is 0 Å². The van der Waals surface area contributed by atoms with Crippen LogP contribution in [0, 0.1) is 5.92 Å². The summed E-state index contributed by atoms with van der Waals surface area (Å²) < 4.78 is 8.06. The van der Waals surface area contributed by atoms with Gasteiger partial charge in [-0.3, -0.25) is 9.20 Å². The summed E-state index contributed by atoms with van der Waals surface area (Å²) in [5.41, 5.74) is 3.36. The number of aromatic nitrogens is 2. The van der Waals surface area contributed by atoms with E-state index in [9.17, 15) is 4.79 Å². The number of carbonyl (C=O) groups excluding carboxylic acids is 1. The van der Waals surface area contributed by atoms with Crippen molar-refractivity contribution in [2.45, 2.75) is 63.9 Å². The number of nitrogens with zero attached hydrogens (tertiary/aromatic N) is 3. The highest BCUT2D eigenvalue weighted by Gasteiger charge is 2.24. The van der Waals surface area contributed by atoms with E-state index in [4.69, 9.17) is 9.72 Å². The number of fused-ring (bicyclic) bond motifs is 1. The molecule has 1 unspecified atom stereocenters. The number of imidazole rings is 1. The molecule has 5 nitrogen and oxygen atoms in total. The zero-order valence-electron chi connectivity index (χ0n) is 18.7. The summed E-state index contributed by atoms with van der Waals surface area (Å²) in [4.78, 5) is 21.0. The summed E-state index contributed by atoms with van der Waals surface area (Å²) >= 11 is 1.67. The normalized spacial score (nSPS) is 19.2. The number of hydrogen-bond donors (Lipinski definition) is 0. The predicted octanol–water partition coefficient (Wildman–Crippen LogP) is 5.58. The molecule has 0 N–H and O–H groups in total. The van der Waals surface area contributed by atoms with Crippen LogP contribution in [0.15, 0.2) is 41.9 Å². The first kappa shape index (κ1) is 21.7. The number of carbonyl (C=O) groups is 1. The molecule has 0 radical (unpaired) electrons.